The standard InChI is InChI=1S/C20H17N3OS/c24-20(22-19-11-5-6-13-21-19)12-14-23-15-7-1-3-9-17(15)25-18-10-4-2-8-16(18)23/h1-11,13H,12,14H2,(H,21,22,24). The molecule has 0 bridgehead atoms. The van der Waals surface area contributed by atoms with Gasteiger partial charge in [0.25, 0.3) is 0 Å². The highest BCUT2D eigenvalue weighted by Crippen LogP contribution is 2.47. The summed E-state index contributed by atoms with van der Waals surface area (Å²) in [5.41, 5.74) is 2.30. The lowest BCUT2D eigenvalue weighted by molar-refractivity contribution is -0.116. The number of benzene rings is 2. The average Bonchev–Trinajstić information content (AvgIpc) is 2.66. The molecule has 0 saturated carbocycles. The van der Waals surface area contributed by atoms with Crippen molar-refractivity contribution in [2.45, 2.75) is 16.2 Å². The van der Waals surface area contributed by atoms with E-state index >= 15 is 0 Å². The fourth-order valence-corrected chi connectivity index (χ4v) is 3.97. The SMILES string of the molecule is O=C(CCN1c2ccccc2Sc2ccccc21)Nc1ccccn1. The Morgan fingerprint density at radius 2 is 1.56 bits per heavy atom. The van der Waals surface area contributed by atoms with Crippen molar-refractivity contribution < 1.29 is 4.79 Å². The molecule has 4 nitrogen and oxygen atoms in total. The van der Waals surface area contributed by atoms with Gasteiger partial charge in [-0.3, -0.25) is 4.79 Å². The van der Waals surface area contributed by atoms with Crippen LogP contribution in [0.1, 0.15) is 6.42 Å². The van der Waals surface area contributed by atoms with Crippen molar-refractivity contribution in [2.24, 2.45) is 0 Å². The van der Waals surface area contributed by atoms with Crippen LogP contribution in [0.15, 0.2) is 82.7 Å². The van der Waals surface area contributed by atoms with Gasteiger partial charge >= 0.3 is 0 Å². The summed E-state index contributed by atoms with van der Waals surface area (Å²) in [7, 11) is 0. The lowest BCUT2D eigenvalue weighted by Gasteiger charge is -2.32. The number of nitrogens with zero attached hydrogens (tertiary/aromatic N) is 2. The van der Waals surface area contributed by atoms with Gasteiger partial charge in [0, 0.05) is 29.0 Å². The lowest BCUT2D eigenvalue weighted by Crippen LogP contribution is -2.26. The fourth-order valence-electron chi connectivity index (χ4n) is 2.88. The molecule has 0 fully saturated rings. The first-order chi connectivity index (χ1) is 12.3. The minimum Gasteiger partial charge on any atom is -0.339 e. The van der Waals surface area contributed by atoms with Crippen molar-refractivity contribution in [3.63, 3.8) is 0 Å². The number of carbonyl (C=O) groups is 1. The van der Waals surface area contributed by atoms with Crippen molar-refractivity contribution in [1.29, 1.82) is 0 Å². The highest BCUT2D eigenvalue weighted by Gasteiger charge is 2.23. The average molecular weight is 347 g/mol. The van der Waals surface area contributed by atoms with Crippen LogP contribution in [0.4, 0.5) is 17.2 Å². The lowest BCUT2D eigenvalue weighted by atomic mass is 10.2. The minimum atomic E-state index is -0.0353. The van der Waals surface area contributed by atoms with Crippen LogP contribution in [-0.4, -0.2) is 17.4 Å². The highest BCUT2D eigenvalue weighted by atomic mass is 32.2. The normalized spacial score (nSPS) is 12.2. The molecule has 0 atom stereocenters. The van der Waals surface area contributed by atoms with Crippen LogP contribution < -0.4 is 10.2 Å². The second-order valence-electron chi connectivity index (χ2n) is 5.70. The third-order valence-corrected chi connectivity index (χ3v) is 5.16. The molecule has 1 aromatic heterocycles. The fraction of sp³-hybridized carbons (Fsp3) is 0.100. The van der Waals surface area contributed by atoms with Gasteiger partial charge in [-0.05, 0) is 36.4 Å². The zero-order chi connectivity index (χ0) is 17.1. The molecule has 0 radical (unpaired) electrons. The van der Waals surface area contributed by atoms with E-state index in [4.69, 9.17) is 0 Å². The molecule has 0 spiro atoms. The second-order valence-corrected chi connectivity index (χ2v) is 6.79. The van der Waals surface area contributed by atoms with E-state index in [9.17, 15) is 4.79 Å². The van der Waals surface area contributed by atoms with Gasteiger partial charge in [-0.1, -0.05) is 42.1 Å². The molecule has 1 N–H and O–H groups in total. The Morgan fingerprint density at radius 1 is 0.920 bits per heavy atom. The minimum absolute atomic E-state index is 0.0353. The number of hydrogen-bond donors (Lipinski definition) is 1. The Morgan fingerprint density at radius 3 is 2.20 bits per heavy atom. The van der Waals surface area contributed by atoms with Crippen molar-refractivity contribution in [3.8, 4) is 0 Å². The largest absolute Gasteiger partial charge is 0.339 e. The van der Waals surface area contributed by atoms with Crippen molar-refractivity contribution >= 4 is 34.9 Å². The molecule has 1 aliphatic rings. The Bertz CT molecular complexity index is 853. The van der Waals surface area contributed by atoms with Gasteiger partial charge in [-0.2, -0.15) is 0 Å². The summed E-state index contributed by atoms with van der Waals surface area (Å²) in [6, 6.07) is 22.1. The van der Waals surface area contributed by atoms with Gasteiger partial charge in [0.05, 0.1) is 11.4 Å². The molecule has 0 unspecified atom stereocenters. The Labute approximate surface area is 150 Å². The van der Waals surface area contributed by atoms with Gasteiger partial charge in [-0.25, -0.2) is 4.98 Å². The molecule has 0 aliphatic carbocycles. The number of hydrogen-bond acceptors (Lipinski definition) is 4. The quantitative estimate of drug-likeness (QED) is 0.742. The van der Waals surface area contributed by atoms with Crippen LogP contribution >= 0.6 is 11.8 Å². The Kier molecular flexibility index (Phi) is 4.39. The van der Waals surface area contributed by atoms with Gasteiger partial charge in [0.1, 0.15) is 5.82 Å². The molecule has 2 heterocycles. The Balaban J connectivity index is 1.53. The summed E-state index contributed by atoms with van der Waals surface area (Å²) in [6.45, 7) is 0.618. The van der Waals surface area contributed by atoms with Crippen molar-refractivity contribution in [3.05, 3.63) is 72.9 Å². The molecule has 3 aromatic rings. The number of para-hydroxylation sites is 2. The zero-order valence-electron chi connectivity index (χ0n) is 13.6. The summed E-state index contributed by atoms with van der Waals surface area (Å²) in [5.74, 6) is 0.550. The topological polar surface area (TPSA) is 45.2 Å². The molecule has 25 heavy (non-hydrogen) atoms. The predicted octanol–water partition coefficient (Wildman–Crippen LogP) is 4.71. The Hall–Kier alpha value is -2.79. The van der Waals surface area contributed by atoms with E-state index in [2.05, 4.69) is 39.5 Å². The first-order valence-corrected chi connectivity index (χ1v) is 8.97. The molecular formula is C20H17N3OS. The third kappa shape index (κ3) is 3.37. The molecule has 4 rings (SSSR count). The number of nitrogens with one attached hydrogen (secondary N) is 1. The van der Waals surface area contributed by atoms with E-state index in [-0.39, 0.29) is 5.91 Å². The number of carbonyl (C=O) groups excluding carboxylic acids is 1. The van der Waals surface area contributed by atoms with E-state index in [1.54, 1.807) is 24.0 Å². The van der Waals surface area contributed by atoms with Crippen LogP contribution in [0.2, 0.25) is 0 Å². The number of pyridine rings is 1. The predicted molar refractivity (Wildman–Crippen MR) is 101 cm³/mol. The van der Waals surface area contributed by atoms with Crippen LogP contribution in [-0.2, 0) is 4.79 Å². The van der Waals surface area contributed by atoms with E-state index in [0.29, 0.717) is 18.8 Å². The molecule has 1 amide bonds. The maximum atomic E-state index is 12.3. The highest BCUT2D eigenvalue weighted by molar-refractivity contribution is 7.99. The molecule has 2 aromatic carbocycles. The smallest absolute Gasteiger partial charge is 0.227 e. The summed E-state index contributed by atoms with van der Waals surface area (Å²) in [5, 5.41) is 2.85. The van der Waals surface area contributed by atoms with Gasteiger partial charge < -0.3 is 10.2 Å². The molecule has 1 aliphatic heterocycles. The first-order valence-electron chi connectivity index (χ1n) is 8.15. The van der Waals surface area contributed by atoms with E-state index in [1.807, 2.05) is 36.4 Å². The van der Waals surface area contributed by atoms with Crippen LogP contribution in [0.25, 0.3) is 0 Å². The van der Waals surface area contributed by atoms with E-state index in [1.165, 1.54) is 9.79 Å². The van der Waals surface area contributed by atoms with Gasteiger partial charge in [0.2, 0.25) is 5.91 Å². The van der Waals surface area contributed by atoms with E-state index < -0.39 is 0 Å². The maximum Gasteiger partial charge on any atom is 0.227 e. The summed E-state index contributed by atoms with van der Waals surface area (Å²) < 4.78 is 0. The van der Waals surface area contributed by atoms with Crippen molar-refractivity contribution in [1.82, 2.24) is 4.98 Å². The number of rotatable bonds is 4. The first kappa shape index (κ1) is 15.7. The van der Waals surface area contributed by atoms with Crippen LogP contribution in [0.3, 0.4) is 0 Å². The summed E-state index contributed by atoms with van der Waals surface area (Å²) in [4.78, 5) is 21.1. The van der Waals surface area contributed by atoms with Crippen LogP contribution in [0.5, 0.6) is 0 Å². The molecule has 124 valence electrons. The van der Waals surface area contributed by atoms with Crippen molar-refractivity contribution in [2.75, 3.05) is 16.8 Å². The summed E-state index contributed by atoms with van der Waals surface area (Å²) >= 11 is 1.77. The van der Waals surface area contributed by atoms with Gasteiger partial charge in [-0.15, -0.1) is 0 Å². The zero-order valence-corrected chi connectivity index (χ0v) is 14.4. The number of anilines is 3. The monoisotopic (exact) mass is 347 g/mol. The van der Waals surface area contributed by atoms with E-state index in [0.717, 1.165) is 11.4 Å². The molecule has 5 heteroatoms. The maximum absolute atomic E-state index is 12.3. The molecule has 0 saturated heterocycles. The third-order valence-electron chi connectivity index (χ3n) is 4.03. The van der Waals surface area contributed by atoms with Gasteiger partial charge in [0.15, 0.2) is 0 Å². The molecular weight excluding hydrogens is 330 g/mol. The second kappa shape index (κ2) is 6.99. The number of aromatic nitrogens is 1. The number of amides is 1. The summed E-state index contributed by atoms with van der Waals surface area (Å²) in [6.07, 6.45) is 2.06. The van der Waals surface area contributed by atoms with Crippen LogP contribution in [0, 0.1) is 0 Å². The number of fused-ring (bicyclic) bond motifs is 2.